The normalized spacial score (nSPS) is 19.0. The summed E-state index contributed by atoms with van der Waals surface area (Å²) in [7, 11) is 0. The molecule has 0 aliphatic carbocycles. The molecule has 5 nitrogen and oxygen atoms in total. The fourth-order valence-corrected chi connectivity index (χ4v) is 2.62. The molecule has 1 aliphatic rings. The van der Waals surface area contributed by atoms with Crippen molar-refractivity contribution < 1.29 is 14.6 Å². The highest BCUT2D eigenvalue weighted by Gasteiger charge is 2.28. The van der Waals surface area contributed by atoms with E-state index in [1.807, 2.05) is 24.3 Å². The third-order valence-corrected chi connectivity index (χ3v) is 4.01. The molecule has 2 rings (SSSR count). The number of ether oxygens (including phenoxy) is 1. The molecule has 1 heterocycles. The Labute approximate surface area is 132 Å². The minimum Gasteiger partial charge on any atom is -0.494 e. The van der Waals surface area contributed by atoms with Crippen LogP contribution in [0, 0.1) is 5.92 Å². The number of urea groups is 1. The highest BCUT2D eigenvalue weighted by Crippen LogP contribution is 2.19. The summed E-state index contributed by atoms with van der Waals surface area (Å²) in [6.45, 7) is 6.38. The van der Waals surface area contributed by atoms with Crippen molar-refractivity contribution in [1.82, 2.24) is 10.2 Å². The third-order valence-electron chi connectivity index (χ3n) is 4.01. The molecule has 1 aromatic carbocycles. The minimum absolute atomic E-state index is 0.0666. The molecule has 5 heteroatoms. The summed E-state index contributed by atoms with van der Waals surface area (Å²) in [6.07, 6.45) is 1.48. The largest absolute Gasteiger partial charge is 0.494 e. The monoisotopic (exact) mass is 306 g/mol. The van der Waals surface area contributed by atoms with E-state index in [1.165, 1.54) is 0 Å². The number of nitrogens with zero attached hydrogens (tertiary/aromatic N) is 1. The van der Waals surface area contributed by atoms with Crippen molar-refractivity contribution in [1.29, 1.82) is 0 Å². The summed E-state index contributed by atoms with van der Waals surface area (Å²) in [6, 6.07) is 7.73. The highest BCUT2D eigenvalue weighted by atomic mass is 16.5. The third kappa shape index (κ3) is 4.63. The molecule has 0 saturated carbocycles. The molecule has 122 valence electrons. The Morgan fingerprint density at radius 2 is 2.36 bits per heavy atom. The van der Waals surface area contributed by atoms with Crippen LogP contribution in [-0.2, 0) is 6.54 Å². The Bertz CT molecular complexity index is 491. The van der Waals surface area contributed by atoms with E-state index < -0.39 is 0 Å². The van der Waals surface area contributed by atoms with Crippen LogP contribution in [0.3, 0.4) is 0 Å². The van der Waals surface area contributed by atoms with Gasteiger partial charge in [0.15, 0.2) is 0 Å². The van der Waals surface area contributed by atoms with Crippen LogP contribution in [0.1, 0.15) is 32.3 Å². The molecule has 0 unspecified atom stereocenters. The number of carbonyl (C=O) groups excluding carboxylic acids is 1. The second kappa shape index (κ2) is 8.03. The van der Waals surface area contributed by atoms with E-state index in [0.717, 1.165) is 24.2 Å². The Balaban J connectivity index is 1.81. The fraction of sp³-hybridized carbons (Fsp3) is 0.588. The standard InChI is InChI=1S/C17H26N2O3/c1-3-9-22-16-6-4-5-14(10-16)11-18-17(21)19-8-7-15(12-19)13(2)20/h4-6,10,13,15,20H,3,7-9,11-12H2,1-2H3,(H,18,21)/t13-,15+/m1/s1. The summed E-state index contributed by atoms with van der Waals surface area (Å²) in [5, 5.41) is 12.5. The van der Waals surface area contributed by atoms with E-state index in [4.69, 9.17) is 4.74 Å². The maximum atomic E-state index is 12.1. The lowest BCUT2D eigenvalue weighted by molar-refractivity contribution is 0.129. The van der Waals surface area contributed by atoms with Crippen molar-refractivity contribution in [2.24, 2.45) is 5.92 Å². The first kappa shape index (κ1) is 16.6. The van der Waals surface area contributed by atoms with Crippen LogP contribution in [-0.4, -0.2) is 41.8 Å². The van der Waals surface area contributed by atoms with Gasteiger partial charge in [-0.3, -0.25) is 0 Å². The number of aliphatic hydroxyl groups is 1. The average Bonchev–Trinajstić information content (AvgIpc) is 3.01. The Morgan fingerprint density at radius 3 is 3.05 bits per heavy atom. The Kier molecular flexibility index (Phi) is 6.07. The molecule has 2 atom stereocenters. The maximum absolute atomic E-state index is 12.1. The average molecular weight is 306 g/mol. The van der Waals surface area contributed by atoms with Gasteiger partial charge < -0.3 is 20.1 Å². The number of carbonyl (C=O) groups is 1. The summed E-state index contributed by atoms with van der Waals surface area (Å²) < 4.78 is 5.59. The van der Waals surface area contributed by atoms with E-state index >= 15 is 0 Å². The topological polar surface area (TPSA) is 61.8 Å². The fourth-order valence-electron chi connectivity index (χ4n) is 2.62. The molecule has 1 saturated heterocycles. The van der Waals surface area contributed by atoms with Gasteiger partial charge >= 0.3 is 6.03 Å². The van der Waals surface area contributed by atoms with E-state index in [0.29, 0.717) is 26.2 Å². The van der Waals surface area contributed by atoms with Crippen LogP contribution in [0.4, 0.5) is 4.79 Å². The summed E-state index contributed by atoms with van der Waals surface area (Å²) in [4.78, 5) is 13.9. The number of benzene rings is 1. The summed E-state index contributed by atoms with van der Waals surface area (Å²) in [5.74, 6) is 1.03. The zero-order valence-corrected chi connectivity index (χ0v) is 13.4. The van der Waals surface area contributed by atoms with E-state index in [1.54, 1.807) is 11.8 Å². The van der Waals surface area contributed by atoms with Crippen molar-refractivity contribution in [3.63, 3.8) is 0 Å². The van der Waals surface area contributed by atoms with Gasteiger partial charge in [-0.15, -0.1) is 0 Å². The van der Waals surface area contributed by atoms with Crippen molar-refractivity contribution in [2.45, 2.75) is 39.3 Å². The van der Waals surface area contributed by atoms with Gasteiger partial charge in [0.1, 0.15) is 5.75 Å². The predicted octanol–water partition coefficient (Wildman–Crippen LogP) is 2.39. The second-order valence-electron chi connectivity index (χ2n) is 5.89. The first-order valence-electron chi connectivity index (χ1n) is 8.02. The number of hydrogen-bond donors (Lipinski definition) is 2. The maximum Gasteiger partial charge on any atom is 0.317 e. The van der Waals surface area contributed by atoms with Gasteiger partial charge in [-0.25, -0.2) is 4.79 Å². The van der Waals surface area contributed by atoms with Crippen LogP contribution < -0.4 is 10.1 Å². The summed E-state index contributed by atoms with van der Waals surface area (Å²) in [5.41, 5.74) is 1.02. The molecule has 2 amide bonds. The molecule has 1 aromatic rings. The molecule has 2 N–H and O–H groups in total. The molecule has 0 radical (unpaired) electrons. The number of aliphatic hydroxyl groups excluding tert-OH is 1. The molecule has 0 spiro atoms. The Hall–Kier alpha value is -1.75. The quantitative estimate of drug-likeness (QED) is 0.848. The molecule has 1 aliphatic heterocycles. The van der Waals surface area contributed by atoms with Crippen molar-refractivity contribution in [3.8, 4) is 5.75 Å². The molecular weight excluding hydrogens is 280 g/mol. The van der Waals surface area contributed by atoms with Crippen LogP contribution in [0.5, 0.6) is 5.75 Å². The number of rotatable bonds is 6. The van der Waals surface area contributed by atoms with E-state index in [-0.39, 0.29) is 18.1 Å². The van der Waals surface area contributed by atoms with Crippen LogP contribution >= 0.6 is 0 Å². The number of amides is 2. The zero-order valence-electron chi connectivity index (χ0n) is 13.4. The van der Waals surface area contributed by atoms with Crippen molar-refractivity contribution in [3.05, 3.63) is 29.8 Å². The predicted molar refractivity (Wildman–Crippen MR) is 85.8 cm³/mol. The van der Waals surface area contributed by atoms with Gasteiger partial charge in [-0.05, 0) is 37.5 Å². The number of hydrogen-bond acceptors (Lipinski definition) is 3. The van der Waals surface area contributed by atoms with Gasteiger partial charge in [0.25, 0.3) is 0 Å². The van der Waals surface area contributed by atoms with Gasteiger partial charge in [0.2, 0.25) is 0 Å². The van der Waals surface area contributed by atoms with Gasteiger partial charge in [-0.2, -0.15) is 0 Å². The lowest BCUT2D eigenvalue weighted by Gasteiger charge is -2.18. The van der Waals surface area contributed by atoms with Gasteiger partial charge in [0, 0.05) is 25.6 Å². The smallest absolute Gasteiger partial charge is 0.317 e. The Morgan fingerprint density at radius 1 is 1.55 bits per heavy atom. The van der Waals surface area contributed by atoms with Crippen LogP contribution in [0.2, 0.25) is 0 Å². The lowest BCUT2D eigenvalue weighted by Crippen LogP contribution is -2.38. The molecule has 0 aromatic heterocycles. The van der Waals surface area contributed by atoms with Crippen LogP contribution in [0.25, 0.3) is 0 Å². The van der Waals surface area contributed by atoms with Gasteiger partial charge in [0.05, 0.1) is 12.7 Å². The second-order valence-corrected chi connectivity index (χ2v) is 5.89. The van der Waals surface area contributed by atoms with Crippen molar-refractivity contribution in [2.75, 3.05) is 19.7 Å². The molecule has 0 bridgehead atoms. The first-order chi connectivity index (χ1) is 10.6. The molecule has 1 fully saturated rings. The van der Waals surface area contributed by atoms with E-state index in [2.05, 4.69) is 12.2 Å². The highest BCUT2D eigenvalue weighted by molar-refractivity contribution is 5.74. The first-order valence-corrected chi connectivity index (χ1v) is 8.02. The minimum atomic E-state index is -0.356. The van der Waals surface area contributed by atoms with E-state index in [9.17, 15) is 9.90 Å². The molecule has 22 heavy (non-hydrogen) atoms. The number of nitrogens with one attached hydrogen (secondary N) is 1. The number of likely N-dealkylation sites (tertiary alicyclic amines) is 1. The van der Waals surface area contributed by atoms with Gasteiger partial charge in [-0.1, -0.05) is 19.1 Å². The van der Waals surface area contributed by atoms with Crippen molar-refractivity contribution >= 4 is 6.03 Å². The van der Waals surface area contributed by atoms with Crippen LogP contribution in [0.15, 0.2) is 24.3 Å². The zero-order chi connectivity index (χ0) is 15.9. The lowest BCUT2D eigenvalue weighted by atomic mass is 10.0. The summed E-state index contributed by atoms with van der Waals surface area (Å²) >= 11 is 0. The SMILES string of the molecule is CCCOc1cccc(CNC(=O)N2CC[C@H]([C@@H](C)O)C2)c1. The molecular formula is C17H26N2O3.